The number of nitrogens with zero attached hydrogens (tertiary/aromatic N) is 1. The molecule has 2 aromatic rings. The fourth-order valence-electron chi connectivity index (χ4n) is 2.98. The molecular formula is C16H24ClNO3Si. The Kier molecular flexibility index (Phi) is 7.25. The molecule has 0 spiro atoms. The van der Waals surface area contributed by atoms with Crippen molar-refractivity contribution in [1.82, 2.24) is 4.90 Å². The molecule has 0 aliphatic carbocycles. The average Bonchev–Trinajstić information content (AvgIpc) is 3.22. The lowest BCUT2D eigenvalue weighted by molar-refractivity contribution is 0.0380. The Morgan fingerprint density at radius 2 is 1.68 bits per heavy atom. The Labute approximate surface area is 140 Å². The predicted octanol–water partition coefficient (Wildman–Crippen LogP) is 2.69. The zero-order chi connectivity index (χ0) is 14.3. The molecule has 0 atom stereocenters. The van der Waals surface area contributed by atoms with E-state index in [1.807, 2.05) is 12.5 Å². The minimum atomic E-state index is -0.237. The maximum Gasteiger partial charge on any atom is 0.0937 e. The summed E-state index contributed by atoms with van der Waals surface area (Å²) >= 11 is 0. The quantitative estimate of drug-likeness (QED) is 0.573. The van der Waals surface area contributed by atoms with Gasteiger partial charge in [0, 0.05) is 28.2 Å². The third-order valence-corrected chi connectivity index (χ3v) is 6.64. The molecule has 0 saturated carbocycles. The molecule has 122 valence electrons. The van der Waals surface area contributed by atoms with Crippen molar-refractivity contribution in [3.63, 3.8) is 0 Å². The molecule has 0 unspecified atom stereocenters. The van der Waals surface area contributed by atoms with Crippen LogP contribution in [0.3, 0.4) is 0 Å². The second-order valence-corrected chi connectivity index (χ2v) is 7.72. The van der Waals surface area contributed by atoms with Crippen LogP contribution in [0.15, 0.2) is 46.0 Å². The van der Waals surface area contributed by atoms with Gasteiger partial charge in [-0.25, -0.2) is 0 Å². The summed E-state index contributed by atoms with van der Waals surface area (Å²) in [6.45, 7) is 5.18. The van der Waals surface area contributed by atoms with E-state index in [-0.39, 0.29) is 21.9 Å². The number of hydrogen-bond acceptors (Lipinski definition) is 4. The molecule has 3 rings (SSSR count). The summed E-state index contributed by atoms with van der Waals surface area (Å²) in [5.41, 5.74) is 3.12. The van der Waals surface area contributed by atoms with E-state index in [0.717, 1.165) is 26.3 Å². The van der Waals surface area contributed by atoms with E-state index in [0.29, 0.717) is 5.54 Å². The summed E-state index contributed by atoms with van der Waals surface area (Å²) < 4.78 is 15.9. The molecule has 0 N–H and O–H groups in total. The minimum Gasteiger partial charge on any atom is -0.472 e. The highest BCUT2D eigenvalue weighted by molar-refractivity contribution is 6.39. The van der Waals surface area contributed by atoms with Crippen LogP contribution in [-0.2, 0) is 4.74 Å². The zero-order valence-electron chi connectivity index (χ0n) is 12.8. The monoisotopic (exact) mass is 341 g/mol. The van der Waals surface area contributed by atoms with Crippen molar-refractivity contribution >= 4 is 21.9 Å². The van der Waals surface area contributed by atoms with Crippen LogP contribution in [0.25, 0.3) is 0 Å². The van der Waals surface area contributed by atoms with Crippen LogP contribution in [0.4, 0.5) is 0 Å². The summed E-state index contributed by atoms with van der Waals surface area (Å²) in [5, 5.41) is 0. The van der Waals surface area contributed by atoms with E-state index in [1.165, 1.54) is 30.1 Å². The Morgan fingerprint density at radius 3 is 2.23 bits per heavy atom. The second-order valence-electron chi connectivity index (χ2n) is 5.62. The first kappa shape index (κ1) is 17.3. The van der Waals surface area contributed by atoms with Crippen LogP contribution in [0.5, 0.6) is 0 Å². The van der Waals surface area contributed by atoms with E-state index in [2.05, 4.69) is 17.0 Å². The van der Waals surface area contributed by atoms with Crippen molar-refractivity contribution in [2.75, 3.05) is 32.8 Å². The molecular weight excluding hydrogens is 318 g/mol. The summed E-state index contributed by atoms with van der Waals surface area (Å²) in [6.07, 6.45) is 8.59. The van der Waals surface area contributed by atoms with Gasteiger partial charge in [0.2, 0.25) is 0 Å². The molecule has 2 aromatic heterocycles. The maximum atomic E-state index is 5.39. The van der Waals surface area contributed by atoms with Gasteiger partial charge < -0.3 is 13.6 Å². The van der Waals surface area contributed by atoms with Gasteiger partial charge in [-0.15, -0.1) is 12.4 Å². The largest absolute Gasteiger partial charge is 0.472 e. The lowest BCUT2D eigenvalue weighted by Gasteiger charge is -2.26. The predicted molar refractivity (Wildman–Crippen MR) is 91.7 cm³/mol. The first-order valence-corrected chi connectivity index (χ1v) is 9.59. The van der Waals surface area contributed by atoms with Gasteiger partial charge in [0.15, 0.2) is 0 Å². The molecule has 1 aliphatic rings. The van der Waals surface area contributed by atoms with Gasteiger partial charge in [-0.1, -0.05) is 6.04 Å². The lowest BCUT2D eigenvalue weighted by Crippen LogP contribution is -2.36. The van der Waals surface area contributed by atoms with Crippen LogP contribution in [0, 0.1) is 0 Å². The highest BCUT2D eigenvalue weighted by atomic mass is 35.5. The van der Waals surface area contributed by atoms with Crippen molar-refractivity contribution < 1.29 is 13.6 Å². The highest BCUT2D eigenvalue weighted by Gasteiger charge is 2.17. The van der Waals surface area contributed by atoms with Gasteiger partial charge in [-0.3, -0.25) is 4.90 Å². The molecule has 4 nitrogen and oxygen atoms in total. The van der Waals surface area contributed by atoms with Crippen molar-refractivity contribution in [3.05, 3.63) is 48.3 Å². The molecule has 0 bridgehead atoms. The average molecular weight is 342 g/mol. The van der Waals surface area contributed by atoms with Crippen LogP contribution < -0.4 is 0 Å². The Hall–Kier alpha value is -1.01. The number of ether oxygens (including phenoxy) is 1. The fraction of sp³-hybridized carbons (Fsp3) is 0.500. The Morgan fingerprint density at radius 1 is 1.05 bits per heavy atom. The first-order valence-electron chi connectivity index (χ1n) is 7.78. The number of furan rings is 2. The van der Waals surface area contributed by atoms with Gasteiger partial charge in [-0.2, -0.15) is 0 Å². The molecule has 1 saturated heterocycles. The van der Waals surface area contributed by atoms with E-state index in [9.17, 15) is 0 Å². The molecule has 3 heterocycles. The summed E-state index contributed by atoms with van der Waals surface area (Å²) in [5.74, 6) is 0. The fourth-order valence-corrected chi connectivity index (χ4v) is 5.03. The number of morpholine rings is 1. The SMILES string of the molecule is Cl.c1cc(C([SiH2]CCCN2CCOCC2)c2ccoc2)co1. The maximum absolute atomic E-state index is 5.39. The van der Waals surface area contributed by atoms with E-state index < -0.39 is 0 Å². The Bertz CT molecular complexity index is 463. The summed E-state index contributed by atoms with van der Waals surface area (Å²) in [6, 6.07) is 5.53. The Balaban J connectivity index is 0.00000176. The standard InChI is InChI=1S/C16H23NO3Si.ClH/c1(4-17-5-9-18-10-6-17)11-21-16(14-2-7-19-12-14)15-3-8-20-13-15;/h2-3,7-8,12-13,16H,1,4-6,9-11,21H2;1H. The van der Waals surface area contributed by atoms with Crippen LogP contribution in [0.2, 0.25) is 6.04 Å². The number of halogens is 1. The molecule has 0 aromatic carbocycles. The van der Waals surface area contributed by atoms with Crippen LogP contribution >= 0.6 is 12.4 Å². The molecule has 6 heteroatoms. The van der Waals surface area contributed by atoms with Crippen molar-refractivity contribution in [2.45, 2.75) is 18.0 Å². The van der Waals surface area contributed by atoms with Gasteiger partial charge in [-0.05, 0) is 36.2 Å². The third-order valence-electron chi connectivity index (χ3n) is 4.21. The second kappa shape index (κ2) is 9.20. The normalized spacial score (nSPS) is 16.4. The molecule has 0 amide bonds. The lowest BCUT2D eigenvalue weighted by atomic mass is 10.1. The topological polar surface area (TPSA) is 38.8 Å². The summed E-state index contributed by atoms with van der Waals surface area (Å²) in [7, 11) is -0.237. The van der Waals surface area contributed by atoms with Crippen molar-refractivity contribution in [3.8, 4) is 0 Å². The third kappa shape index (κ3) is 4.74. The molecule has 22 heavy (non-hydrogen) atoms. The zero-order valence-corrected chi connectivity index (χ0v) is 15.0. The van der Waals surface area contributed by atoms with Gasteiger partial charge in [0.25, 0.3) is 0 Å². The van der Waals surface area contributed by atoms with Crippen LogP contribution in [0.1, 0.15) is 23.1 Å². The number of rotatable bonds is 7. The van der Waals surface area contributed by atoms with Gasteiger partial charge in [0.1, 0.15) is 0 Å². The summed E-state index contributed by atoms with van der Waals surface area (Å²) in [4.78, 5) is 2.52. The number of hydrogen-bond donors (Lipinski definition) is 0. The van der Waals surface area contributed by atoms with E-state index >= 15 is 0 Å². The smallest absolute Gasteiger partial charge is 0.0937 e. The van der Waals surface area contributed by atoms with Gasteiger partial charge in [0.05, 0.1) is 38.3 Å². The molecule has 1 aliphatic heterocycles. The minimum absolute atomic E-state index is 0. The van der Waals surface area contributed by atoms with E-state index in [1.54, 1.807) is 12.5 Å². The highest BCUT2D eigenvalue weighted by Crippen LogP contribution is 2.25. The molecule has 1 fully saturated rings. The van der Waals surface area contributed by atoms with E-state index in [4.69, 9.17) is 13.6 Å². The van der Waals surface area contributed by atoms with Gasteiger partial charge >= 0.3 is 0 Å². The van der Waals surface area contributed by atoms with Crippen LogP contribution in [-0.4, -0.2) is 47.3 Å². The van der Waals surface area contributed by atoms with Crippen molar-refractivity contribution in [1.29, 1.82) is 0 Å². The van der Waals surface area contributed by atoms with Crippen molar-refractivity contribution in [2.24, 2.45) is 0 Å². The molecule has 0 radical (unpaired) electrons. The first-order chi connectivity index (χ1) is 10.4.